The van der Waals surface area contributed by atoms with Crippen molar-refractivity contribution in [1.82, 2.24) is 4.90 Å². The van der Waals surface area contributed by atoms with Gasteiger partial charge in [-0.15, -0.1) is 0 Å². The van der Waals surface area contributed by atoms with Crippen molar-refractivity contribution in [2.75, 3.05) is 13.1 Å². The number of aliphatic hydroxyl groups is 2. The Kier molecular flexibility index (Phi) is 9.54. The Bertz CT molecular complexity index is 456. The zero-order valence-electron chi connectivity index (χ0n) is 15.4. The van der Waals surface area contributed by atoms with Crippen LogP contribution in [0, 0.1) is 12.7 Å². The molecule has 4 nitrogen and oxygen atoms in total. The number of benzene rings is 1. The molecule has 1 heterocycles. The molecule has 1 fully saturated rings. The smallest absolute Gasteiger partial charge is 0.256 e. The minimum atomic E-state index is -2.32. The van der Waals surface area contributed by atoms with Crippen molar-refractivity contribution < 1.29 is 19.3 Å². The highest BCUT2D eigenvalue weighted by atomic mass is 19.1. The molecule has 0 saturated carbocycles. The third-order valence-electron chi connectivity index (χ3n) is 3.41. The Balaban J connectivity index is 0.00000112. The van der Waals surface area contributed by atoms with E-state index >= 15 is 0 Å². The molecule has 2 atom stereocenters. The van der Waals surface area contributed by atoms with Crippen LogP contribution < -0.4 is 0 Å². The number of morpholine rings is 1. The van der Waals surface area contributed by atoms with Crippen LogP contribution in [0.5, 0.6) is 0 Å². The fourth-order valence-corrected chi connectivity index (χ4v) is 2.51. The minimum Gasteiger partial charge on any atom is -0.373 e. The number of aryl methyl sites for hydroxylation is 1. The van der Waals surface area contributed by atoms with E-state index in [9.17, 15) is 14.6 Å². The molecule has 0 aromatic heterocycles. The lowest BCUT2D eigenvalue weighted by Gasteiger charge is -2.42. The van der Waals surface area contributed by atoms with Crippen LogP contribution in [-0.4, -0.2) is 40.4 Å². The highest BCUT2D eigenvalue weighted by molar-refractivity contribution is 5.28. The Morgan fingerprint density at radius 2 is 1.57 bits per heavy atom. The number of hydrogen-bond donors (Lipinski definition) is 2. The average molecular weight is 329 g/mol. The molecule has 1 aliphatic heterocycles. The van der Waals surface area contributed by atoms with E-state index < -0.39 is 11.7 Å². The molecule has 23 heavy (non-hydrogen) atoms. The standard InChI is InChI=1S/C14H20FNO3.2C2H6/c1-9-5-4-6-12(13(9)15)14(17,18)16-7-10(2)19-11(3)8-16;2*1-2/h4-6,10-11,17-18H,7-8H2,1-3H3;2*1-2H3. The Morgan fingerprint density at radius 1 is 1.09 bits per heavy atom. The van der Waals surface area contributed by atoms with Gasteiger partial charge in [0.1, 0.15) is 5.82 Å². The van der Waals surface area contributed by atoms with Crippen molar-refractivity contribution in [3.8, 4) is 0 Å². The number of hydrogen-bond acceptors (Lipinski definition) is 4. The van der Waals surface area contributed by atoms with Crippen LogP contribution in [0.2, 0.25) is 0 Å². The second kappa shape index (κ2) is 9.98. The highest BCUT2D eigenvalue weighted by Gasteiger charge is 2.40. The van der Waals surface area contributed by atoms with Gasteiger partial charge in [-0.25, -0.2) is 9.29 Å². The Hall–Kier alpha value is -1.01. The summed E-state index contributed by atoms with van der Waals surface area (Å²) in [4.78, 5) is 1.43. The number of halogens is 1. The average Bonchev–Trinajstić information content (AvgIpc) is 2.53. The van der Waals surface area contributed by atoms with Gasteiger partial charge in [-0.1, -0.05) is 39.8 Å². The summed E-state index contributed by atoms with van der Waals surface area (Å²) in [5, 5.41) is 20.7. The molecule has 1 aliphatic rings. The number of nitrogens with zero attached hydrogens (tertiary/aromatic N) is 1. The molecule has 1 aromatic carbocycles. The third-order valence-corrected chi connectivity index (χ3v) is 3.41. The summed E-state index contributed by atoms with van der Waals surface area (Å²) in [6.07, 6.45) is -0.259. The van der Waals surface area contributed by atoms with E-state index in [1.54, 1.807) is 19.1 Å². The molecular weight excluding hydrogens is 297 g/mol. The zero-order chi connectivity index (χ0) is 18.2. The topological polar surface area (TPSA) is 52.9 Å². The number of ether oxygens (including phenoxy) is 1. The summed E-state index contributed by atoms with van der Waals surface area (Å²) in [6, 6.07) is 4.61. The van der Waals surface area contributed by atoms with Crippen LogP contribution in [0.1, 0.15) is 52.7 Å². The summed E-state index contributed by atoms with van der Waals surface area (Å²) in [5.74, 6) is -2.90. The second-order valence-electron chi connectivity index (χ2n) is 5.23. The first-order valence-corrected chi connectivity index (χ1v) is 8.43. The maximum absolute atomic E-state index is 14.1. The lowest BCUT2D eigenvalue weighted by Crippen LogP contribution is -2.56. The SMILES string of the molecule is CC.CC.Cc1cccc(C(O)(O)N2CC(C)OC(C)C2)c1F. The second-order valence-corrected chi connectivity index (χ2v) is 5.23. The molecule has 0 bridgehead atoms. The van der Waals surface area contributed by atoms with E-state index in [-0.39, 0.29) is 17.8 Å². The van der Waals surface area contributed by atoms with Crippen LogP contribution in [0.4, 0.5) is 4.39 Å². The van der Waals surface area contributed by atoms with Crippen molar-refractivity contribution in [3.63, 3.8) is 0 Å². The molecule has 134 valence electrons. The fourth-order valence-electron chi connectivity index (χ4n) is 2.51. The van der Waals surface area contributed by atoms with Crippen LogP contribution >= 0.6 is 0 Å². The highest BCUT2D eigenvalue weighted by Crippen LogP contribution is 2.29. The summed E-state index contributed by atoms with van der Waals surface area (Å²) >= 11 is 0. The molecular formula is C18H32FNO3. The van der Waals surface area contributed by atoms with Crippen molar-refractivity contribution in [3.05, 3.63) is 35.1 Å². The van der Waals surface area contributed by atoms with Crippen molar-refractivity contribution in [2.45, 2.75) is 66.6 Å². The first kappa shape index (κ1) is 22.0. The van der Waals surface area contributed by atoms with Gasteiger partial charge in [0.25, 0.3) is 5.91 Å². The minimum absolute atomic E-state index is 0.117. The predicted molar refractivity (Wildman–Crippen MR) is 91.5 cm³/mol. The fraction of sp³-hybridized carbons (Fsp3) is 0.667. The monoisotopic (exact) mass is 329 g/mol. The maximum Gasteiger partial charge on any atom is 0.256 e. The summed E-state index contributed by atoms with van der Waals surface area (Å²) in [6.45, 7) is 14.0. The summed E-state index contributed by atoms with van der Waals surface area (Å²) in [7, 11) is 0. The van der Waals surface area contributed by atoms with Crippen LogP contribution in [-0.2, 0) is 10.6 Å². The van der Waals surface area contributed by atoms with E-state index in [1.807, 2.05) is 41.5 Å². The van der Waals surface area contributed by atoms with Crippen LogP contribution in [0.3, 0.4) is 0 Å². The van der Waals surface area contributed by atoms with Crippen molar-refractivity contribution in [1.29, 1.82) is 0 Å². The van der Waals surface area contributed by atoms with E-state index in [0.717, 1.165) is 0 Å². The quantitative estimate of drug-likeness (QED) is 0.817. The molecule has 0 radical (unpaired) electrons. The third kappa shape index (κ3) is 5.53. The Labute approximate surface area is 139 Å². The normalized spacial score (nSPS) is 21.7. The molecule has 1 aromatic rings. The van der Waals surface area contributed by atoms with E-state index in [4.69, 9.17) is 4.74 Å². The zero-order valence-corrected chi connectivity index (χ0v) is 15.4. The van der Waals surface area contributed by atoms with Crippen molar-refractivity contribution >= 4 is 0 Å². The lowest BCUT2D eigenvalue weighted by atomic mass is 10.0. The Morgan fingerprint density at radius 3 is 2.04 bits per heavy atom. The van der Waals surface area contributed by atoms with Crippen LogP contribution in [0.25, 0.3) is 0 Å². The predicted octanol–water partition coefficient (Wildman–Crippen LogP) is 3.39. The molecule has 2 rings (SSSR count). The van der Waals surface area contributed by atoms with E-state index in [2.05, 4.69) is 0 Å². The first-order valence-electron chi connectivity index (χ1n) is 8.43. The van der Waals surface area contributed by atoms with Gasteiger partial charge in [0.2, 0.25) is 0 Å². The largest absolute Gasteiger partial charge is 0.373 e. The van der Waals surface area contributed by atoms with Crippen molar-refractivity contribution in [2.24, 2.45) is 0 Å². The van der Waals surface area contributed by atoms with E-state index in [0.29, 0.717) is 18.7 Å². The van der Waals surface area contributed by atoms with Gasteiger partial charge in [0.15, 0.2) is 0 Å². The molecule has 2 unspecified atom stereocenters. The molecule has 5 heteroatoms. The van der Waals surface area contributed by atoms with Gasteiger partial charge in [-0.3, -0.25) is 0 Å². The molecule has 0 spiro atoms. The van der Waals surface area contributed by atoms with Gasteiger partial charge >= 0.3 is 0 Å². The molecule has 0 amide bonds. The van der Waals surface area contributed by atoms with E-state index in [1.165, 1.54) is 11.0 Å². The van der Waals surface area contributed by atoms with Gasteiger partial charge in [-0.2, -0.15) is 0 Å². The van der Waals surface area contributed by atoms with Gasteiger partial charge in [0.05, 0.1) is 17.8 Å². The molecule has 0 aliphatic carbocycles. The summed E-state index contributed by atoms with van der Waals surface area (Å²) < 4.78 is 19.6. The van der Waals surface area contributed by atoms with Gasteiger partial charge in [-0.05, 0) is 32.4 Å². The maximum atomic E-state index is 14.1. The van der Waals surface area contributed by atoms with Gasteiger partial charge < -0.3 is 14.9 Å². The molecule has 2 N–H and O–H groups in total. The molecule has 1 saturated heterocycles. The lowest BCUT2D eigenvalue weighted by molar-refractivity contribution is -0.300. The van der Waals surface area contributed by atoms with Gasteiger partial charge in [0, 0.05) is 13.1 Å². The number of rotatable bonds is 2. The summed E-state index contributed by atoms with van der Waals surface area (Å²) in [5.41, 5.74) is 0.271. The first-order chi connectivity index (χ1) is 10.8. The van der Waals surface area contributed by atoms with Crippen LogP contribution in [0.15, 0.2) is 18.2 Å².